The van der Waals surface area contributed by atoms with Gasteiger partial charge in [-0.15, -0.1) is 0 Å². The molecule has 1 aromatic rings. The highest BCUT2D eigenvalue weighted by Gasteiger charge is 2.14. The van der Waals surface area contributed by atoms with Gasteiger partial charge in [-0.25, -0.2) is 4.68 Å². The fraction of sp³-hybridized carbons (Fsp3) is 0.714. The van der Waals surface area contributed by atoms with Gasteiger partial charge < -0.3 is 15.5 Å². The Morgan fingerprint density at radius 1 is 1.57 bits per heavy atom. The van der Waals surface area contributed by atoms with Crippen LogP contribution in [0.1, 0.15) is 12.8 Å². The second kappa shape index (κ2) is 7.77. The Kier molecular flexibility index (Phi) is 6.02. The molecule has 1 aliphatic rings. The van der Waals surface area contributed by atoms with Crippen LogP contribution in [-0.4, -0.2) is 55.0 Å². The molecule has 7 heteroatoms. The molecule has 1 saturated heterocycles. The number of halogens is 1. The van der Waals surface area contributed by atoms with Crippen LogP contribution in [0.4, 0.5) is 5.69 Å². The van der Waals surface area contributed by atoms with E-state index in [1.807, 2.05) is 19.0 Å². The number of nitrogens with one attached hydrogen (secondary N) is 2. The number of hydrogen-bond donors (Lipinski definition) is 2. The van der Waals surface area contributed by atoms with Crippen molar-refractivity contribution in [2.45, 2.75) is 19.4 Å². The minimum absolute atomic E-state index is 0.230. The molecule has 1 aromatic heterocycles. The van der Waals surface area contributed by atoms with Gasteiger partial charge in [0.1, 0.15) is 5.02 Å². The fourth-order valence-electron chi connectivity index (χ4n) is 2.41. The molecule has 118 valence electrons. The van der Waals surface area contributed by atoms with Gasteiger partial charge in [0.05, 0.1) is 18.4 Å². The standard InChI is InChI=1S/C14H24ClN5O/c1-19(2)7-8-20-14(21)13(15)12(10-18-20)17-6-4-11-3-5-16-9-11/h10-11,16-17H,3-9H2,1-2H3. The Balaban J connectivity index is 1.91. The Labute approximate surface area is 130 Å². The zero-order valence-corrected chi connectivity index (χ0v) is 13.5. The van der Waals surface area contributed by atoms with Crippen molar-refractivity contribution in [1.82, 2.24) is 20.0 Å². The number of likely N-dealkylation sites (N-methyl/N-ethyl adjacent to an activating group) is 1. The van der Waals surface area contributed by atoms with Crippen LogP contribution < -0.4 is 16.2 Å². The van der Waals surface area contributed by atoms with Crippen LogP contribution in [-0.2, 0) is 6.54 Å². The normalized spacial score (nSPS) is 18.4. The number of anilines is 1. The maximum atomic E-state index is 12.1. The summed E-state index contributed by atoms with van der Waals surface area (Å²) in [5.74, 6) is 0.713. The summed E-state index contributed by atoms with van der Waals surface area (Å²) in [6.07, 6.45) is 3.94. The van der Waals surface area contributed by atoms with E-state index in [1.165, 1.54) is 11.1 Å². The molecule has 0 radical (unpaired) electrons. The molecule has 6 nitrogen and oxygen atoms in total. The minimum atomic E-state index is -0.231. The van der Waals surface area contributed by atoms with Gasteiger partial charge in [0.25, 0.3) is 5.56 Å². The van der Waals surface area contributed by atoms with Crippen LogP contribution in [0.3, 0.4) is 0 Å². The van der Waals surface area contributed by atoms with Crippen molar-refractivity contribution in [2.24, 2.45) is 5.92 Å². The first-order valence-electron chi connectivity index (χ1n) is 7.43. The summed E-state index contributed by atoms with van der Waals surface area (Å²) in [7, 11) is 3.92. The third kappa shape index (κ3) is 4.69. The number of aromatic nitrogens is 2. The molecule has 1 atom stereocenters. The number of hydrogen-bond acceptors (Lipinski definition) is 5. The van der Waals surface area contributed by atoms with Gasteiger partial charge in [0.15, 0.2) is 0 Å². The van der Waals surface area contributed by atoms with Crippen LogP contribution in [0.5, 0.6) is 0 Å². The molecule has 0 aromatic carbocycles. The van der Waals surface area contributed by atoms with E-state index in [1.54, 1.807) is 6.20 Å². The van der Waals surface area contributed by atoms with E-state index in [0.29, 0.717) is 18.2 Å². The molecule has 0 spiro atoms. The fourth-order valence-corrected chi connectivity index (χ4v) is 2.63. The van der Waals surface area contributed by atoms with Gasteiger partial charge in [-0.1, -0.05) is 11.6 Å². The number of rotatable bonds is 7. The smallest absolute Gasteiger partial charge is 0.287 e. The van der Waals surface area contributed by atoms with E-state index >= 15 is 0 Å². The van der Waals surface area contributed by atoms with Gasteiger partial charge in [-0.3, -0.25) is 4.79 Å². The van der Waals surface area contributed by atoms with Gasteiger partial charge in [-0.2, -0.15) is 5.10 Å². The van der Waals surface area contributed by atoms with Gasteiger partial charge in [0.2, 0.25) is 0 Å². The van der Waals surface area contributed by atoms with Crippen molar-refractivity contribution in [2.75, 3.05) is 45.6 Å². The molecule has 0 bridgehead atoms. The van der Waals surface area contributed by atoms with E-state index < -0.39 is 0 Å². The van der Waals surface area contributed by atoms with Crippen LogP contribution in [0.15, 0.2) is 11.0 Å². The molecule has 0 aliphatic carbocycles. The second-order valence-electron chi connectivity index (χ2n) is 5.78. The maximum absolute atomic E-state index is 12.1. The Hall–Kier alpha value is -1.11. The Bertz CT molecular complexity index is 511. The van der Waals surface area contributed by atoms with Crippen molar-refractivity contribution >= 4 is 17.3 Å². The molecular formula is C14H24ClN5O. The predicted molar refractivity (Wildman–Crippen MR) is 86.1 cm³/mol. The first-order valence-corrected chi connectivity index (χ1v) is 7.80. The molecule has 1 fully saturated rings. The molecule has 2 N–H and O–H groups in total. The second-order valence-corrected chi connectivity index (χ2v) is 6.16. The van der Waals surface area contributed by atoms with Gasteiger partial charge >= 0.3 is 0 Å². The van der Waals surface area contributed by atoms with E-state index in [0.717, 1.165) is 32.6 Å². The lowest BCUT2D eigenvalue weighted by Crippen LogP contribution is -2.29. The zero-order chi connectivity index (χ0) is 15.2. The van der Waals surface area contributed by atoms with E-state index in [4.69, 9.17) is 11.6 Å². The lowest BCUT2D eigenvalue weighted by Gasteiger charge is -2.13. The van der Waals surface area contributed by atoms with Crippen LogP contribution in [0.25, 0.3) is 0 Å². The third-order valence-electron chi connectivity index (χ3n) is 3.77. The molecule has 2 rings (SSSR count). The third-order valence-corrected chi connectivity index (χ3v) is 4.14. The summed E-state index contributed by atoms with van der Waals surface area (Å²) in [5.41, 5.74) is 0.403. The molecule has 0 saturated carbocycles. The zero-order valence-electron chi connectivity index (χ0n) is 12.7. The van der Waals surface area contributed by atoms with Crippen LogP contribution in [0.2, 0.25) is 5.02 Å². The SMILES string of the molecule is CN(C)CCn1ncc(NCCC2CCNC2)c(Cl)c1=O. The lowest BCUT2D eigenvalue weighted by atomic mass is 10.1. The molecular weight excluding hydrogens is 290 g/mol. The summed E-state index contributed by atoms with van der Waals surface area (Å²) < 4.78 is 1.41. The monoisotopic (exact) mass is 313 g/mol. The first kappa shape index (κ1) is 16.3. The highest BCUT2D eigenvalue weighted by atomic mass is 35.5. The van der Waals surface area contributed by atoms with Crippen molar-refractivity contribution in [3.63, 3.8) is 0 Å². The quantitative estimate of drug-likeness (QED) is 0.782. The predicted octanol–water partition coefficient (Wildman–Crippen LogP) is 0.870. The molecule has 0 amide bonds. The highest BCUT2D eigenvalue weighted by Crippen LogP contribution is 2.17. The summed E-state index contributed by atoms with van der Waals surface area (Å²) in [6, 6.07) is 0. The van der Waals surface area contributed by atoms with Crippen molar-refractivity contribution < 1.29 is 0 Å². The highest BCUT2D eigenvalue weighted by molar-refractivity contribution is 6.32. The van der Waals surface area contributed by atoms with Crippen molar-refractivity contribution in [1.29, 1.82) is 0 Å². The molecule has 2 heterocycles. The lowest BCUT2D eigenvalue weighted by molar-refractivity contribution is 0.367. The minimum Gasteiger partial charge on any atom is -0.382 e. The van der Waals surface area contributed by atoms with Crippen LogP contribution >= 0.6 is 11.6 Å². The summed E-state index contributed by atoms with van der Waals surface area (Å²) in [4.78, 5) is 14.1. The van der Waals surface area contributed by atoms with E-state index in [-0.39, 0.29) is 10.6 Å². The average Bonchev–Trinajstić information content (AvgIpc) is 2.95. The van der Waals surface area contributed by atoms with E-state index in [2.05, 4.69) is 15.7 Å². The molecule has 1 aliphatic heterocycles. The first-order chi connectivity index (χ1) is 10.1. The number of nitrogens with zero attached hydrogens (tertiary/aromatic N) is 3. The summed E-state index contributed by atoms with van der Waals surface area (Å²) >= 11 is 6.15. The average molecular weight is 314 g/mol. The Morgan fingerprint density at radius 2 is 2.38 bits per heavy atom. The molecule has 1 unspecified atom stereocenters. The topological polar surface area (TPSA) is 62.2 Å². The summed E-state index contributed by atoms with van der Waals surface area (Å²) in [6.45, 7) is 4.30. The largest absolute Gasteiger partial charge is 0.382 e. The van der Waals surface area contributed by atoms with E-state index in [9.17, 15) is 4.79 Å². The van der Waals surface area contributed by atoms with Crippen molar-refractivity contribution in [3.8, 4) is 0 Å². The van der Waals surface area contributed by atoms with Gasteiger partial charge in [-0.05, 0) is 45.9 Å². The van der Waals surface area contributed by atoms with Gasteiger partial charge in [0, 0.05) is 13.1 Å². The van der Waals surface area contributed by atoms with Crippen molar-refractivity contribution in [3.05, 3.63) is 21.6 Å². The summed E-state index contributed by atoms with van der Waals surface area (Å²) in [5, 5.41) is 11.0. The van der Waals surface area contributed by atoms with Crippen LogP contribution in [0, 0.1) is 5.92 Å². The Morgan fingerprint density at radius 3 is 3.05 bits per heavy atom. The molecule has 21 heavy (non-hydrogen) atoms. The maximum Gasteiger partial charge on any atom is 0.287 e.